The molecule has 0 bridgehead atoms. The second-order valence-electron chi connectivity index (χ2n) is 5.09. The lowest BCUT2D eigenvalue weighted by Gasteiger charge is -2.09. The summed E-state index contributed by atoms with van der Waals surface area (Å²) in [6.07, 6.45) is 1.41. The Morgan fingerprint density at radius 3 is 2.86 bits per heavy atom. The molecule has 2 aromatic rings. The first-order chi connectivity index (χ1) is 10.1. The third kappa shape index (κ3) is 2.35. The molecule has 0 fully saturated rings. The van der Waals surface area contributed by atoms with Crippen molar-refractivity contribution in [1.29, 1.82) is 0 Å². The van der Waals surface area contributed by atoms with Gasteiger partial charge in [-0.1, -0.05) is 18.2 Å². The van der Waals surface area contributed by atoms with Gasteiger partial charge in [0.2, 0.25) is 0 Å². The van der Waals surface area contributed by atoms with Crippen LogP contribution in [-0.2, 0) is 11.3 Å². The highest BCUT2D eigenvalue weighted by Crippen LogP contribution is 2.33. The number of carbonyl (C=O) groups is 2. The number of ketones is 1. The number of fused-ring (bicyclic) bond motifs is 1. The van der Waals surface area contributed by atoms with Gasteiger partial charge in [-0.05, 0) is 19.9 Å². The lowest BCUT2D eigenvalue weighted by atomic mass is 9.99. The van der Waals surface area contributed by atoms with Gasteiger partial charge >= 0.3 is 5.97 Å². The average molecular weight is 284 g/mol. The van der Waals surface area contributed by atoms with Crippen LogP contribution in [0.4, 0.5) is 0 Å². The molecule has 108 valence electrons. The van der Waals surface area contributed by atoms with E-state index in [0.717, 1.165) is 12.1 Å². The van der Waals surface area contributed by atoms with E-state index in [0.29, 0.717) is 16.8 Å². The molecule has 1 aromatic carbocycles. The first kappa shape index (κ1) is 13.5. The third-order valence-electron chi connectivity index (χ3n) is 3.72. The Hall–Kier alpha value is -2.43. The van der Waals surface area contributed by atoms with Crippen molar-refractivity contribution in [1.82, 2.24) is 9.78 Å². The number of nitrogens with zero attached hydrogens (tertiary/aromatic N) is 2. The minimum absolute atomic E-state index is 0.0540. The van der Waals surface area contributed by atoms with Crippen molar-refractivity contribution >= 4 is 11.8 Å². The molecular formula is C16H16N2O3. The first-order valence-corrected chi connectivity index (χ1v) is 6.97. The molecule has 1 atom stereocenters. The maximum Gasteiger partial charge on any atom is 0.339 e. The van der Waals surface area contributed by atoms with Crippen molar-refractivity contribution in [3.8, 4) is 0 Å². The summed E-state index contributed by atoms with van der Waals surface area (Å²) in [5.41, 5.74) is 2.64. The normalized spacial score (nSPS) is 16.7. The summed E-state index contributed by atoms with van der Waals surface area (Å²) in [7, 11) is 0. The number of hydrogen-bond donors (Lipinski definition) is 0. The molecular weight excluding hydrogens is 268 g/mol. The Labute approximate surface area is 122 Å². The molecule has 0 spiro atoms. The number of benzene rings is 1. The molecule has 0 N–H and O–H groups in total. The van der Waals surface area contributed by atoms with E-state index in [1.54, 1.807) is 23.0 Å². The zero-order chi connectivity index (χ0) is 15.0. The van der Waals surface area contributed by atoms with Gasteiger partial charge in [-0.25, -0.2) is 4.79 Å². The highest BCUT2D eigenvalue weighted by Gasteiger charge is 2.32. The molecule has 0 radical (unpaired) electrons. The lowest BCUT2D eigenvalue weighted by Crippen LogP contribution is -2.08. The summed E-state index contributed by atoms with van der Waals surface area (Å²) in [6, 6.07) is 7.20. The topological polar surface area (TPSA) is 61.2 Å². The number of Topliss-reactive ketones (excluding diaryl/α,β-unsaturated/α-hetero) is 1. The van der Waals surface area contributed by atoms with Crippen LogP contribution in [0.2, 0.25) is 0 Å². The number of rotatable bonds is 4. The van der Waals surface area contributed by atoms with Gasteiger partial charge in [0, 0.05) is 18.3 Å². The summed E-state index contributed by atoms with van der Waals surface area (Å²) in [5, 5.41) is 4.27. The molecule has 5 heteroatoms. The zero-order valence-electron chi connectivity index (χ0n) is 12.0. The molecule has 2 heterocycles. The van der Waals surface area contributed by atoms with Gasteiger partial charge in [0.1, 0.15) is 6.10 Å². The second kappa shape index (κ2) is 5.16. The third-order valence-corrected chi connectivity index (χ3v) is 3.72. The van der Waals surface area contributed by atoms with Crippen LogP contribution in [-0.4, -0.2) is 21.5 Å². The van der Waals surface area contributed by atoms with Gasteiger partial charge in [-0.15, -0.1) is 0 Å². The van der Waals surface area contributed by atoms with Crippen LogP contribution in [0.25, 0.3) is 0 Å². The van der Waals surface area contributed by atoms with Gasteiger partial charge in [-0.2, -0.15) is 5.10 Å². The van der Waals surface area contributed by atoms with Crippen LogP contribution >= 0.6 is 0 Å². The van der Waals surface area contributed by atoms with E-state index >= 15 is 0 Å². The fraction of sp³-hybridized carbons (Fsp3) is 0.312. The van der Waals surface area contributed by atoms with E-state index in [2.05, 4.69) is 5.10 Å². The number of carbonyl (C=O) groups excluding carboxylic acids is 2. The Morgan fingerprint density at radius 2 is 2.14 bits per heavy atom. The van der Waals surface area contributed by atoms with Gasteiger partial charge in [0.25, 0.3) is 0 Å². The molecule has 0 saturated heterocycles. The summed E-state index contributed by atoms with van der Waals surface area (Å²) < 4.78 is 7.04. The average Bonchev–Trinajstić information content (AvgIpc) is 3.01. The standard InChI is InChI=1S/C16H16N2O3/c1-3-18-9-13(10(2)17-18)14(19)8-15-11-6-4-5-7-12(11)16(20)21-15/h4-7,9,15H,3,8H2,1-2H3. The fourth-order valence-electron chi connectivity index (χ4n) is 2.60. The van der Waals surface area contributed by atoms with Crippen LogP contribution in [0, 0.1) is 6.92 Å². The van der Waals surface area contributed by atoms with Crippen molar-refractivity contribution in [2.75, 3.05) is 0 Å². The fourth-order valence-corrected chi connectivity index (χ4v) is 2.60. The Balaban J connectivity index is 1.83. The van der Waals surface area contributed by atoms with Gasteiger partial charge in [-0.3, -0.25) is 9.48 Å². The van der Waals surface area contributed by atoms with E-state index in [-0.39, 0.29) is 18.2 Å². The highest BCUT2D eigenvalue weighted by atomic mass is 16.5. The first-order valence-electron chi connectivity index (χ1n) is 6.97. The number of cyclic esters (lactones) is 1. The SMILES string of the molecule is CCn1cc(C(=O)CC2OC(=O)c3ccccc32)c(C)n1. The van der Waals surface area contributed by atoms with E-state index < -0.39 is 6.10 Å². The highest BCUT2D eigenvalue weighted by molar-refractivity contribution is 5.99. The molecule has 21 heavy (non-hydrogen) atoms. The van der Waals surface area contributed by atoms with Crippen LogP contribution in [0.1, 0.15) is 51.4 Å². The second-order valence-corrected chi connectivity index (χ2v) is 5.09. The predicted octanol–water partition coefficient (Wildman–Crippen LogP) is 2.70. The van der Waals surface area contributed by atoms with Crippen LogP contribution in [0.3, 0.4) is 0 Å². The van der Waals surface area contributed by atoms with E-state index in [1.165, 1.54) is 0 Å². The van der Waals surface area contributed by atoms with E-state index in [4.69, 9.17) is 4.74 Å². The van der Waals surface area contributed by atoms with Crippen LogP contribution < -0.4 is 0 Å². The minimum Gasteiger partial charge on any atom is -0.453 e. The number of hydrogen-bond acceptors (Lipinski definition) is 4. The van der Waals surface area contributed by atoms with Gasteiger partial charge in [0.05, 0.1) is 23.2 Å². The van der Waals surface area contributed by atoms with Crippen molar-refractivity contribution in [2.24, 2.45) is 0 Å². The van der Waals surface area contributed by atoms with Gasteiger partial charge < -0.3 is 4.74 Å². The van der Waals surface area contributed by atoms with Crippen molar-refractivity contribution in [2.45, 2.75) is 32.9 Å². The molecule has 1 unspecified atom stereocenters. The quantitative estimate of drug-likeness (QED) is 0.639. The Bertz CT molecular complexity index is 718. The van der Waals surface area contributed by atoms with Crippen LogP contribution in [0.15, 0.2) is 30.5 Å². The summed E-state index contributed by atoms with van der Waals surface area (Å²) in [6.45, 7) is 4.50. The Morgan fingerprint density at radius 1 is 1.38 bits per heavy atom. The molecule has 5 nitrogen and oxygen atoms in total. The van der Waals surface area contributed by atoms with Crippen LogP contribution in [0.5, 0.6) is 0 Å². The maximum atomic E-state index is 12.4. The minimum atomic E-state index is -0.495. The molecule has 3 rings (SSSR count). The monoisotopic (exact) mass is 284 g/mol. The van der Waals surface area contributed by atoms with E-state index in [1.807, 2.05) is 26.0 Å². The molecule has 0 amide bonds. The number of esters is 1. The summed E-state index contributed by atoms with van der Waals surface area (Å²) in [4.78, 5) is 24.2. The largest absolute Gasteiger partial charge is 0.453 e. The van der Waals surface area contributed by atoms with Crippen molar-refractivity contribution in [3.05, 3.63) is 52.8 Å². The molecule has 0 aliphatic carbocycles. The molecule has 0 saturated carbocycles. The van der Waals surface area contributed by atoms with E-state index in [9.17, 15) is 9.59 Å². The number of ether oxygens (including phenoxy) is 1. The van der Waals surface area contributed by atoms with Crippen molar-refractivity contribution < 1.29 is 14.3 Å². The lowest BCUT2D eigenvalue weighted by molar-refractivity contribution is 0.0367. The van der Waals surface area contributed by atoms with Crippen molar-refractivity contribution in [3.63, 3.8) is 0 Å². The predicted molar refractivity (Wildman–Crippen MR) is 76.2 cm³/mol. The Kier molecular flexibility index (Phi) is 3.33. The smallest absolute Gasteiger partial charge is 0.339 e. The number of aryl methyl sites for hydroxylation is 2. The molecule has 1 aliphatic rings. The molecule has 1 aliphatic heterocycles. The summed E-state index contributed by atoms with van der Waals surface area (Å²) >= 11 is 0. The van der Waals surface area contributed by atoms with Gasteiger partial charge in [0.15, 0.2) is 5.78 Å². The maximum absolute atomic E-state index is 12.4. The molecule has 1 aromatic heterocycles. The number of aromatic nitrogens is 2. The zero-order valence-corrected chi connectivity index (χ0v) is 12.0. The summed E-state index contributed by atoms with van der Waals surface area (Å²) in [5.74, 6) is -0.411.